The number of hydrogen-bond acceptors (Lipinski definition) is 5. The van der Waals surface area contributed by atoms with Gasteiger partial charge in [0.25, 0.3) is 5.69 Å². The third kappa shape index (κ3) is 3.36. The van der Waals surface area contributed by atoms with Crippen LogP contribution in [0.4, 0.5) is 5.69 Å². The fourth-order valence-electron chi connectivity index (χ4n) is 1.93. The number of nitrogens with one attached hydrogen (secondary N) is 1. The molecule has 1 aromatic carbocycles. The van der Waals surface area contributed by atoms with Crippen LogP contribution in [0.5, 0.6) is 5.75 Å². The zero-order valence-corrected chi connectivity index (χ0v) is 11.0. The van der Waals surface area contributed by atoms with Gasteiger partial charge in [-0.05, 0) is 23.8 Å². The summed E-state index contributed by atoms with van der Waals surface area (Å²) in [5.74, 6) is 2.84. The molecule has 0 amide bonds. The Balaban J connectivity index is 2.05. The normalized spacial score (nSPS) is 18.8. The minimum absolute atomic E-state index is 0.0759. The maximum atomic E-state index is 10.8. The van der Waals surface area contributed by atoms with E-state index in [-0.39, 0.29) is 5.69 Å². The lowest BCUT2D eigenvalue weighted by Crippen LogP contribution is -2.27. The average Bonchev–Trinajstić information content (AvgIpc) is 2.89. The van der Waals surface area contributed by atoms with Gasteiger partial charge in [-0.3, -0.25) is 10.1 Å². The molecule has 0 saturated carbocycles. The topological polar surface area (TPSA) is 64.4 Å². The van der Waals surface area contributed by atoms with Crippen LogP contribution in [-0.2, 0) is 6.54 Å². The van der Waals surface area contributed by atoms with Crippen LogP contribution in [0.3, 0.4) is 0 Å². The van der Waals surface area contributed by atoms with Crippen molar-refractivity contribution in [3.63, 3.8) is 0 Å². The lowest BCUT2D eigenvalue weighted by Gasteiger charge is -2.11. The van der Waals surface area contributed by atoms with Gasteiger partial charge in [0.15, 0.2) is 0 Å². The number of methoxy groups -OCH3 is 1. The van der Waals surface area contributed by atoms with Crippen molar-refractivity contribution < 1.29 is 9.66 Å². The standard InChI is InChI=1S/C12H16N2O3S/c1-17-12-5-9(4-11(6-12)14(15)16)7-13-10-2-3-18-8-10/h4-6,10,13H,2-3,7-8H2,1H3. The number of ether oxygens (including phenoxy) is 1. The molecule has 0 bridgehead atoms. The SMILES string of the molecule is COc1cc(CNC2CCSC2)cc([N+](=O)[O-])c1. The van der Waals surface area contributed by atoms with Crippen LogP contribution in [0.25, 0.3) is 0 Å². The second-order valence-electron chi connectivity index (χ2n) is 4.24. The summed E-state index contributed by atoms with van der Waals surface area (Å²) in [6.45, 7) is 0.642. The molecule has 1 atom stereocenters. The van der Waals surface area contributed by atoms with Crippen molar-refractivity contribution in [2.24, 2.45) is 0 Å². The Labute approximate surface area is 110 Å². The van der Waals surface area contributed by atoms with E-state index in [2.05, 4.69) is 5.32 Å². The molecule has 1 N–H and O–H groups in total. The number of non-ortho nitro benzene ring substituents is 1. The van der Waals surface area contributed by atoms with E-state index in [1.165, 1.54) is 18.9 Å². The van der Waals surface area contributed by atoms with E-state index >= 15 is 0 Å². The van der Waals surface area contributed by atoms with E-state index in [9.17, 15) is 10.1 Å². The first-order valence-corrected chi connectivity index (χ1v) is 6.98. The van der Waals surface area contributed by atoms with E-state index in [4.69, 9.17) is 4.74 Å². The zero-order valence-electron chi connectivity index (χ0n) is 10.2. The molecule has 1 aromatic rings. The summed E-state index contributed by atoms with van der Waals surface area (Å²) in [6, 6.07) is 5.38. The number of nitrogens with zero attached hydrogens (tertiary/aromatic N) is 1. The third-order valence-electron chi connectivity index (χ3n) is 2.92. The van der Waals surface area contributed by atoms with Crippen molar-refractivity contribution in [3.8, 4) is 5.75 Å². The largest absolute Gasteiger partial charge is 0.496 e. The van der Waals surface area contributed by atoms with E-state index in [0.717, 1.165) is 17.7 Å². The predicted octanol–water partition coefficient (Wildman–Crippen LogP) is 2.20. The molecule has 98 valence electrons. The van der Waals surface area contributed by atoms with Crippen LogP contribution in [-0.4, -0.2) is 29.6 Å². The molecule has 1 aliphatic rings. The molecule has 1 unspecified atom stereocenters. The molecule has 0 radical (unpaired) electrons. The minimum atomic E-state index is -0.391. The van der Waals surface area contributed by atoms with E-state index in [1.807, 2.05) is 17.8 Å². The summed E-state index contributed by atoms with van der Waals surface area (Å²) in [4.78, 5) is 10.4. The monoisotopic (exact) mass is 268 g/mol. The van der Waals surface area contributed by atoms with Gasteiger partial charge >= 0.3 is 0 Å². The highest BCUT2D eigenvalue weighted by Crippen LogP contribution is 2.23. The van der Waals surface area contributed by atoms with Crippen LogP contribution in [0.2, 0.25) is 0 Å². The Morgan fingerprint density at radius 1 is 1.56 bits per heavy atom. The molecule has 1 saturated heterocycles. The molecule has 0 aliphatic carbocycles. The first kappa shape index (κ1) is 13.2. The van der Waals surface area contributed by atoms with Gasteiger partial charge in [0.1, 0.15) is 5.75 Å². The Bertz CT molecular complexity index is 433. The van der Waals surface area contributed by atoms with Crippen molar-refractivity contribution in [2.75, 3.05) is 18.6 Å². The first-order valence-electron chi connectivity index (χ1n) is 5.82. The highest BCUT2D eigenvalue weighted by molar-refractivity contribution is 7.99. The van der Waals surface area contributed by atoms with Crippen LogP contribution in [0, 0.1) is 10.1 Å². The molecular formula is C12H16N2O3S. The molecule has 1 fully saturated rings. The Morgan fingerprint density at radius 2 is 2.39 bits per heavy atom. The van der Waals surface area contributed by atoms with Gasteiger partial charge in [-0.15, -0.1) is 0 Å². The maximum absolute atomic E-state index is 10.8. The summed E-state index contributed by atoms with van der Waals surface area (Å²) in [7, 11) is 1.52. The Kier molecular flexibility index (Phi) is 4.43. The number of nitro benzene ring substituents is 1. The molecular weight excluding hydrogens is 252 g/mol. The van der Waals surface area contributed by atoms with E-state index < -0.39 is 4.92 Å². The highest BCUT2D eigenvalue weighted by atomic mass is 32.2. The molecule has 0 spiro atoms. The molecule has 6 heteroatoms. The highest BCUT2D eigenvalue weighted by Gasteiger charge is 2.15. The second-order valence-corrected chi connectivity index (χ2v) is 5.39. The number of thioether (sulfide) groups is 1. The molecule has 2 rings (SSSR count). The fraction of sp³-hybridized carbons (Fsp3) is 0.500. The van der Waals surface area contributed by atoms with Gasteiger partial charge in [-0.2, -0.15) is 11.8 Å². The number of benzene rings is 1. The lowest BCUT2D eigenvalue weighted by molar-refractivity contribution is -0.385. The first-order chi connectivity index (χ1) is 8.69. The third-order valence-corrected chi connectivity index (χ3v) is 4.08. The minimum Gasteiger partial charge on any atom is -0.496 e. The van der Waals surface area contributed by atoms with Crippen LogP contribution in [0.1, 0.15) is 12.0 Å². The quantitative estimate of drug-likeness (QED) is 0.655. The fourth-order valence-corrected chi connectivity index (χ4v) is 3.11. The summed E-state index contributed by atoms with van der Waals surface area (Å²) < 4.78 is 5.08. The summed E-state index contributed by atoms with van der Waals surface area (Å²) in [5.41, 5.74) is 0.963. The van der Waals surface area contributed by atoms with Gasteiger partial charge in [0.05, 0.1) is 18.1 Å². The van der Waals surface area contributed by atoms with Crippen LogP contribution >= 0.6 is 11.8 Å². The predicted molar refractivity (Wildman–Crippen MR) is 72.2 cm³/mol. The van der Waals surface area contributed by atoms with Gasteiger partial charge in [-0.25, -0.2) is 0 Å². The van der Waals surface area contributed by atoms with E-state index in [0.29, 0.717) is 18.3 Å². The second kappa shape index (κ2) is 6.06. The molecule has 5 nitrogen and oxygen atoms in total. The molecule has 1 heterocycles. The van der Waals surface area contributed by atoms with Gasteiger partial charge in [-0.1, -0.05) is 0 Å². The van der Waals surface area contributed by atoms with Crippen molar-refractivity contribution in [3.05, 3.63) is 33.9 Å². The van der Waals surface area contributed by atoms with Crippen molar-refractivity contribution >= 4 is 17.4 Å². The maximum Gasteiger partial charge on any atom is 0.273 e. The Morgan fingerprint density at radius 3 is 3.00 bits per heavy atom. The summed E-state index contributed by atoms with van der Waals surface area (Å²) in [6.07, 6.45) is 1.16. The van der Waals surface area contributed by atoms with Gasteiger partial charge in [0.2, 0.25) is 0 Å². The van der Waals surface area contributed by atoms with E-state index in [1.54, 1.807) is 6.07 Å². The van der Waals surface area contributed by atoms with Crippen molar-refractivity contribution in [2.45, 2.75) is 19.0 Å². The van der Waals surface area contributed by atoms with Crippen molar-refractivity contribution in [1.82, 2.24) is 5.32 Å². The van der Waals surface area contributed by atoms with Crippen molar-refractivity contribution in [1.29, 1.82) is 0 Å². The summed E-state index contributed by atoms with van der Waals surface area (Å²) in [5, 5.41) is 14.2. The molecule has 0 aromatic heterocycles. The zero-order chi connectivity index (χ0) is 13.0. The Hall–Kier alpha value is -1.27. The smallest absolute Gasteiger partial charge is 0.273 e. The molecule has 18 heavy (non-hydrogen) atoms. The van der Waals surface area contributed by atoms with Crippen LogP contribution in [0.15, 0.2) is 18.2 Å². The number of hydrogen-bond donors (Lipinski definition) is 1. The number of nitro groups is 1. The van der Waals surface area contributed by atoms with Gasteiger partial charge < -0.3 is 10.1 Å². The number of rotatable bonds is 5. The lowest BCUT2D eigenvalue weighted by atomic mass is 10.1. The van der Waals surface area contributed by atoms with Crippen LogP contribution < -0.4 is 10.1 Å². The molecule has 1 aliphatic heterocycles. The summed E-state index contributed by atoms with van der Waals surface area (Å²) >= 11 is 1.94. The van der Waals surface area contributed by atoms with Gasteiger partial charge in [0, 0.05) is 24.4 Å². The average molecular weight is 268 g/mol.